The molecule has 0 amide bonds. The van der Waals surface area contributed by atoms with Crippen LogP contribution in [-0.2, 0) is 10.0 Å². The van der Waals surface area contributed by atoms with Gasteiger partial charge in [0.15, 0.2) is 5.13 Å². The molecule has 2 aromatic carbocycles. The fourth-order valence-corrected chi connectivity index (χ4v) is 6.55. The fourth-order valence-electron chi connectivity index (χ4n) is 3.51. The van der Waals surface area contributed by atoms with Gasteiger partial charge in [-0.05, 0) is 43.2 Å². The second kappa shape index (κ2) is 8.48. The van der Waals surface area contributed by atoms with E-state index in [1.165, 1.54) is 27.6 Å². The Morgan fingerprint density at radius 1 is 1.03 bits per heavy atom. The highest BCUT2D eigenvalue weighted by Gasteiger charge is 2.31. The molecule has 3 aromatic rings. The molecule has 4 rings (SSSR count). The van der Waals surface area contributed by atoms with Crippen LogP contribution in [0.5, 0.6) is 0 Å². The predicted octanol–water partition coefficient (Wildman–Crippen LogP) is 5.24. The van der Waals surface area contributed by atoms with Crippen molar-refractivity contribution in [2.75, 3.05) is 31.1 Å². The number of piperazine rings is 1. The van der Waals surface area contributed by atoms with E-state index in [4.69, 9.17) is 28.2 Å². The maximum absolute atomic E-state index is 13.0. The van der Waals surface area contributed by atoms with E-state index in [-0.39, 0.29) is 9.92 Å². The Kier molecular flexibility index (Phi) is 6.10. The normalized spacial score (nSPS) is 15.5. The first-order chi connectivity index (χ1) is 14.3. The standard InChI is InChI=1S/C21H21Cl2N3O2S2/c1-14-4-3-5-17(15(14)2)19-13-29-21(24-19)25-8-10-26(11-9-25)30(27,28)20-7-6-16(22)12-18(20)23/h3-7,12-13H,8-11H2,1-2H3. The van der Waals surface area contributed by atoms with Crippen LogP contribution in [0.15, 0.2) is 46.7 Å². The van der Waals surface area contributed by atoms with Crippen LogP contribution in [0.1, 0.15) is 11.1 Å². The number of hydrogen-bond donors (Lipinski definition) is 0. The summed E-state index contributed by atoms with van der Waals surface area (Å²) in [7, 11) is -3.66. The number of sulfonamides is 1. The summed E-state index contributed by atoms with van der Waals surface area (Å²) in [6, 6.07) is 10.7. The average molecular weight is 482 g/mol. The Hall–Kier alpha value is -1.64. The lowest BCUT2D eigenvalue weighted by atomic mass is 10.0. The number of hydrogen-bond acceptors (Lipinski definition) is 5. The third kappa shape index (κ3) is 4.09. The first kappa shape index (κ1) is 21.6. The summed E-state index contributed by atoms with van der Waals surface area (Å²) in [5.41, 5.74) is 4.56. The minimum atomic E-state index is -3.66. The molecule has 1 aliphatic rings. The predicted molar refractivity (Wildman–Crippen MR) is 124 cm³/mol. The maximum atomic E-state index is 13.0. The number of thiazole rings is 1. The van der Waals surface area contributed by atoms with E-state index in [0.717, 1.165) is 16.4 Å². The number of benzene rings is 2. The van der Waals surface area contributed by atoms with Gasteiger partial charge in [-0.3, -0.25) is 0 Å². The van der Waals surface area contributed by atoms with Crippen LogP contribution < -0.4 is 4.90 Å². The Morgan fingerprint density at radius 2 is 1.77 bits per heavy atom. The summed E-state index contributed by atoms with van der Waals surface area (Å²) >= 11 is 13.6. The number of anilines is 1. The lowest BCUT2D eigenvalue weighted by Gasteiger charge is -2.33. The van der Waals surface area contributed by atoms with E-state index in [9.17, 15) is 8.42 Å². The zero-order valence-electron chi connectivity index (χ0n) is 16.6. The number of aryl methyl sites for hydroxylation is 1. The van der Waals surface area contributed by atoms with Crippen LogP contribution in [0, 0.1) is 13.8 Å². The minimum absolute atomic E-state index is 0.0912. The molecule has 1 fully saturated rings. The second-order valence-electron chi connectivity index (χ2n) is 7.23. The molecule has 0 radical (unpaired) electrons. The Morgan fingerprint density at radius 3 is 2.47 bits per heavy atom. The topological polar surface area (TPSA) is 53.5 Å². The van der Waals surface area contributed by atoms with Crippen molar-refractivity contribution in [1.82, 2.24) is 9.29 Å². The average Bonchev–Trinajstić information content (AvgIpc) is 3.20. The van der Waals surface area contributed by atoms with Crippen LogP contribution >= 0.6 is 34.5 Å². The van der Waals surface area contributed by atoms with Crippen molar-refractivity contribution in [2.24, 2.45) is 0 Å². The van der Waals surface area contributed by atoms with Gasteiger partial charge in [-0.15, -0.1) is 11.3 Å². The monoisotopic (exact) mass is 481 g/mol. The van der Waals surface area contributed by atoms with Crippen molar-refractivity contribution in [3.8, 4) is 11.3 Å². The van der Waals surface area contributed by atoms with E-state index in [2.05, 4.69) is 36.3 Å². The van der Waals surface area contributed by atoms with E-state index in [1.807, 2.05) is 6.07 Å². The molecule has 0 atom stereocenters. The minimum Gasteiger partial charge on any atom is -0.345 e. The Balaban J connectivity index is 1.49. The summed E-state index contributed by atoms with van der Waals surface area (Å²) in [6.07, 6.45) is 0. The van der Waals surface area contributed by atoms with E-state index in [0.29, 0.717) is 31.2 Å². The van der Waals surface area contributed by atoms with Crippen molar-refractivity contribution in [1.29, 1.82) is 0 Å². The van der Waals surface area contributed by atoms with E-state index in [1.54, 1.807) is 17.4 Å². The molecule has 0 N–H and O–H groups in total. The highest BCUT2D eigenvalue weighted by atomic mass is 35.5. The number of aromatic nitrogens is 1. The highest BCUT2D eigenvalue weighted by molar-refractivity contribution is 7.89. The summed E-state index contributed by atoms with van der Waals surface area (Å²) in [5.74, 6) is 0. The summed E-state index contributed by atoms with van der Waals surface area (Å²) in [6.45, 7) is 6.10. The molecule has 5 nitrogen and oxygen atoms in total. The highest BCUT2D eigenvalue weighted by Crippen LogP contribution is 2.32. The quantitative estimate of drug-likeness (QED) is 0.510. The van der Waals surface area contributed by atoms with Gasteiger partial charge in [0, 0.05) is 42.1 Å². The molecule has 2 heterocycles. The van der Waals surface area contributed by atoms with Gasteiger partial charge in [0.05, 0.1) is 10.7 Å². The number of rotatable bonds is 4. The van der Waals surface area contributed by atoms with Gasteiger partial charge in [-0.2, -0.15) is 4.31 Å². The van der Waals surface area contributed by atoms with Crippen molar-refractivity contribution in [2.45, 2.75) is 18.7 Å². The first-order valence-corrected chi connectivity index (χ1v) is 12.6. The molecule has 0 aliphatic carbocycles. The molecule has 30 heavy (non-hydrogen) atoms. The van der Waals surface area contributed by atoms with Crippen molar-refractivity contribution in [3.63, 3.8) is 0 Å². The van der Waals surface area contributed by atoms with Crippen molar-refractivity contribution in [3.05, 3.63) is 63.0 Å². The smallest absolute Gasteiger partial charge is 0.244 e. The van der Waals surface area contributed by atoms with Crippen LogP contribution in [-0.4, -0.2) is 43.9 Å². The number of halogens is 2. The molecule has 9 heteroatoms. The molecule has 0 unspecified atom stereocenters. The molecule has 1 aromatic heterocycles. The molecule has 0 bridgehead atoms. The van der Waals surface area contributed by atoms with Gasteiger partial charge < -0.3 is 4.90 Å². The molecule has 0 saturated carbocycles. The summed E-state index contributed by atoms with van der Waals surface area (Å²) in [5, 5.41) is 3.52. The van der Waals surface area contributed by atoms with Crippen LogP contribution in [0.3, 0.4) is 0 Å². The van der Waals surface area contributed by atoms with Crippen LogP contribution in [0.25, 0.3) is 11.3 Å². The first-order valence-electron chi connectivity index (χ1n) is 9.49. The molecular formula is C21H21Cl2N3O2S2. The molecule has 158 valence electrons. The summed E-state index contributed by atoms with van der Waals surface area (Å²) in [4.78, 5) is 7.04. The molecule has 1 saturated heterocycles. The van der Waals surface area contributed by atoms with Gasteiger partial charge in [-0.1, -0.05) is 41.4 Å². The van der Waals surface area contributed by atoms with E-state index >= 15 is 0 Å². The van der Waals surface area contributed by atoms with Crippen LogP contribution in [0.2, 0.25) is 10.0 Å². The molecule has 1 aliphatic heterocycles. The number of nitrogens with zero attached hydrogens (tertiary/aromatic N) is 3. The third-order valence-electron chi connectivity index (χ3n) is 5.39. The largest absolute Gasteiger partial charge is 0.345 e. The molecular weight excluding hydrogens is 461 g/mol. The summed E-state index contributed by atoms with van der Waals surface area (Å²) < 4.78 is 27.4. The Bertz CT molecular complexity index is 1190. The van der Waals surface area contributed by atoms with Crippen molar-refractivity contribution >= 4 is 49.7 Å². The second-order valence-corrected chi connectivity index (χ2v) is 10.8. The van der Waals surface area contributed by atoms with Gasteiger partial charge in [0.1, 0.15) is 4.90 Å². The maximum Gasteiger partial charge on any atom is 0.244 e. The van der Waals surface area contributed by atoms with Gasteiger partial charge in [-0.25, -0.2) is 13.4 Å². The van der Waals surface area contributed by atoms with Gasteiger partial charge in [0.25, 0.3) is 0 Å². The third-order valence-corrected chi connectivity index (χ3v) is 8.91. The zero-order valence-corrected chi connectivity index (χ0v) is 19.7. The lowest BCUT2D eigenvalue weighted by molar-refractivity contribution is 0.385. The zero-order chi connectivity index (χ0) is 21.5. The van der Waals surface area contributed by atoms with E-state index < -0.39 is 10.0 Å². The Labute approximate surface area is 190 Å². The van der Waals surface area contributed by atoms with Gasteiger partial charge in [0.2, 0.25) is 10.0 Å². The lowest BCUT2D eigenvalue weighted by Crippen LogP contribution is -2.48. The van der Waals surface area contributed by atoms with Crippen LogP contribution in [0.4, 0.5) is 5.13 Å². The SMILES string of the molecule is Cc1cccc(-c2csc(N3CCN(S(=O)(=O)c4ccc(Cl)cc4Cl)CC3)n2)c1C. The van der Waals surface area contributed by atoms with Crippen molar-refractivity contribution < 1.29 is 8.42 Å². The van der Waals surface area contributed by atoms with Gasteiger partial charge >= 0.3 is 0 Å². The molecule has 0 spiro atoms. The fraction of sp³-hybridized carbons (Fsp3) is 0.286.